The molecule has 0 aliphatic carbocycles. The van der Waals surface area contributed by atoms with Gasteiger partial charge in [0.05, 0.1) is 35.8 Å². The van der Waals surface area contributed by atoms with Gasteiger partial charge >= 0.3 is 0 Å². The van der Waals surface area contributed by atoms with E-state index in [9.17, 15) is 0 Å². The van der Waals surface area contributed by atoms with Crippen molar-refractivity contribution in [3.05, 3.63) is 27.2 Å². The molecule has 0 aliphatic rings. The fourth-order valence-corrected chi connectivity index (χ4v) is 2.50. The Kier molecular flexibility index (Phi) is 8.66. The van der Waals surface area contributed by atoms with E-state index in [2.05, 4.69) is 19.2 Å². The largest absolute Gasteiger partial charge is 0.488 e. The summed E-state index contributed by atoms with van der Waals surface area (Å²) in [4.78, 5) is 0. The van der Waals surface area contributed by atoms with Crippen molar-refractivity contribution in [2.45, 2.75) is 26.3 Å². The molecular weight excluding hydrogens is 321 g/mol. The van der Waals surface area contributed by atoms with Crippen molar-refractivity contribution in [2.24, 2.45) is 0 Å². The first-order valence-corrected chi connectivity index (χ1v) is 7.86. The molecule has 3 nitrogen and oxygen atoms in total. The molecule has 0 aromatic heterocycles. The molecule has 0 saturated carbocycles. The minimum absolute atomic E-state index is 0.407. The molecule has 1 aromatic rings. The van der Waals surface area contributed by atoms with Crippen LogP contribution in [-0.4, -0.2) is 32.4 Å². The molecule has 1 atom stereocenters. The second-order valence-corrected chi connectivity index (χ2v) is 5.82. The number of rotatable bonds is 9. The van der Waals surface area contributed by atoms with Crippen molar-refractivity contribution in [3.8, 4) is 5.75 Å². The maximum Gasteiger partial charge on any atom is 0.156 e. The number of hydrogen-bond donors (Lipinski definition) is 1. The SMILES string of the molecule is CC[C@H](C)[NH2+]CCOCCOc1c(Cl)cc(Cl)cc1Cl. The number of ether oxygens (including phenoxy) is 2. The summed E-state index contributed by atoms with van der Waals surface area (Å²) in [5, 5.41) is 3.58. The Bertz CT molecular complexity index is 392. The highest BCUT2D eigenvalue weighted by Gasteiger charge is 2.09. The van der Waals surface area contributed by atoms with Crippen LogP contribution in [0.1, 0.15) is 20.3 Å². The maximum absolute atomic E-state index is 6.01. The van der Waals surface area contributed by atoms with Crippen molar-refractivity contribution < 1.29 is 14.8 Å². The second-order valence-electron chi connectivity index (χ2n) is 4.57. The Morgan fingerprint density at radius 1 is 1.10 bits per heavy atom. The normalized spacial score (nSPS) is 12.4. The van der Waals surface area contributed by atoms with Gasteiger partial charge in [-0.15, -0.1) is 0 Å². The standard InChI is InChI=1S/C14H20Cl3NO2/c1-3-10(2)18-4-5-19-6-7-20-14-12(16)8-11(15)9-13(14)17/h8-10,18H,3-7H2,1-2H3/p+1/t10-/m0/s1. The van der Waals surface area contributed by atoms with Gasteiger partial charge in [-0.25, -0.2) is 0 Å². The Balaban J connectivity index is 2.19. The zero-order valence-electron chi connectivity index (χ0n) is 11.8. The molecule has 1 aromatic carbocycles. The third-order valence-electron chi connectivity index (χ3n) is 2.91. The van der Waals surface area contributed by atoms with E-state index in [0.717, 1.165) is 13.0 Å². The summed E-state index contributed by atoms with van der Waals surface area (Å²) >= 11 is 17.8. The van der Waals surface area contributed by atoms with Crippen LogP contribution < -0.4 is 10.1 Å². The summed E-state index contributed by atoms with van der Waals surface area (Å²) in [7, 11) is 0. The Labute approximate surface area is 135 Å². The number of benzene rings is 1. The highest BCUT2D eigenvalue weighted by Crippen LogP contribution is 2.35. The molecule has 0 saturated heterocycles. The fraction of sp³-hybridized carbons (Fsp3) is 0.571. The lowest BCUT2D eigenvalue weighted by Crippen LogP contribution is -2.90. The van der Waals surface area contributed by atoms with E-state index in [-0.39, 0.29) is 0 Å². The predicted molar refractivity (Wildman–Crippen MR) is 84.3 cm³/mol. The van der Waals surface area contributed by atoms with Gasteiger partial charge in [-0.2, -0.15) is 0 Å². The zero-order chi connectivity index (χ0) is 15.0. The molecule has 6 heteroatoms. The molecule has 0 unspecified atom stereocenters. The van der Waals surface area contributed by atoms with E-state index in [1.54, 1.807) is 12.1 Å². The molecule has 0 fully saturated rings. The Morgan fingerprint density at radius 3 is 2.35 bits per heavy atom. The molecule has 0 spiro atoms. The summed E-state index contributed by atoms with van der Waals surface area (Å²) in [6.45, 7) is 6.95. The summed E-state index contributed by atoms with van der Waals surface area (Å²) in [6.07, 6.45) is 1.16. The van der Waals surface area contributed by atoms with Crippen molar-refractivity contribution in [2.75, 3.05) is 26.4 Å². The minimum Gasteiger partial charge on any atom is -0.488 e. The number of quaternary nitrogens is 1. The van der Waals surface area contributed by atoms with Crippen LogP contribution in [0.3, 0.4) is 0 Å². The van der Waals surface area contributed by atoms with Crippen LogP contribution in [0.4, 0.5) is 0 Å². The molecule has 1 rings (SSSR count). The molecule has 0 heterocycles. The third-order valence-corrected chi connectivity index (χ3v) is 3.69. The molecule has 0 amide bonds. The van der Waals surface area contributed by atoms with Crippen LogP contribution in [0, 0.1) is 0 Å². The van der Waals surface area contributed by atoms with Gasteiger partial charge in [0.1, 0.15) is 6.61 Å². The number of hydrogen-bond acceptors (Lipinski definition) is 2. The van der Waals surface area contributed by atoms with E-state index in [1.807, 2.05) is 0 Å². The summed E-state index contributed by atoms with van der Waals surface area (Å²) in [6, 6.07) is 3.85. The Morgan fingerprint density at radius 2 is 1.75 bits per heavy atom. The van der Waals surface area contributed by atoms with Crippen molar-refractivity contribution >= 4 is 34.8 Å². The average Bonchev–Trinajstić information content (AvgIpc) is 2.39. The highest BCUT2D eigenvalue weighted by molar-refractivity contribution is 6.40. The first kappa shape index (κ1) is 17.9. The summed E-state index contributed by atoms with van der Waals surface area (Å²) in [5.74, 6) is 0.451. The van der Waals surface area contributed by atoms with Crippen LogP contribution in [0.5, 0.6) is 5.75 Å². The average molecular weight is 342 g/mol. The van der Waals surface area contributed by atoms with Gasteiger partial charge in [0.25, 0.3) is 0 Å². The molecule has 114 valence electrons. The van der Waals surface area contributed by atoms with Crippen molar-refractivity contribution in [1.29, 1.82) is 0 Å². The fourth-order valence-electron chi connectivity index (χ4n) is 1.57. The monoisotopic (exact) mass is 340 g/mol. The van der Waals surface area contributed by atoms with E-state index in [1.165, 1.54) is 0 Å². The van der Waals surface area contributed by atoms with Crippen molar-refractivity contribution in [1.82, 2.24) is 0 Å². The first-order chi connectivity index (χ1) is 9.54. The van der Waals surface area contributed by atoms with Gasteiger partial charge < -0.3 is 14.8 Å². The van der Waals surface area contributed by atoms with Crippen LogP contribution >= 0.6 is 34.8 Å². The van der Waals surface area contributed by atoms with Crippen molar-refractivity contribution in [3.63, 3.8) is 0 Å². The van der Waals surface area contributed by atoms with E-state index >= 15 is 0 Å². The van der Waals surface area contributed by atoms with E-state index < -0.39 is 0 Å². The third kappa shape index (κ3) is 6.51. The van der Waals surface area contributed by atoms with Gasteiger partial charge in [0.2, 0.25) is 0 Å². The molecule has 0 bridgehead atoms. The lowest BCUT2D eigenvalue weighted by Gasteiger charge is -2.11. The zero-order valence-corrected chi connectivity index (χ0v) is 14.1. The van der Waals surface area contributed by atoms with E-state index in [4.69, 9.17) is 44.3 Å². The first-order valence-electron chi connectivity index (χ1n) is 6.73. The van der Waals surface area contributed by atoms with Gasteiger partial charge in [0, 0.05) is 5.02 Å². The van der Waals surface area contributed by atoms with Gasteiger partial charge in [-0.3, -0.25) is 0 Å². The molecule has 2 N–H and O–H groups in total. The van der Waals surface area contributed by atoms with Crippen LogP contribution in [0.2, 0.25) is 15.1 Å². The molecule has 20 heavy (non-hydrogen) atoms. The topological polar surface area (TPSA) is 35.1 Å². The smallest absolute Gasteiger partial charge is 0.156 e. The van der Waals surface area contributed by atoms with Gasteiger partial charge in [0.15, 0.2) is 5.75 Å². The predicted octanol–water partition coefficient (Wildman–Crippen LogP) is 3.40. The quantitative estimate of drug-likeness (QED) is 0.699. The summed E-state index contributed by atoms with van der Waals surface area (Å²) in [5.41, 5.74) is 0. The second kappa shape index (κ2) is 9.69. The van der Waals surface area contributed by atoms with Gasteiger partial charge in [-0.05, 0) is 25.5 Å². The minimum atomic E-state index is 0.407. The molecular formula is C14H21Cl3NO2+. The molecule has 0 aliphatic heterocycles. The lowest BCUT2D eigenvalue weighted by atomic mass is 10.3. The van der Waals surface area contributed by atoms with Gasteiger partial charge in [-0.1, -0.05) is 41.7 Å². The van der Waals surface area contributed by atoms with Crippen LogP contribution in [0.25, 0.3) is 0 Å². The molecule has 0 radical (unpaired) electrons. The highest BCUT2D eigenvalue weighted by atomic mass is 35.5. The van der Waals surface area contributed by atoms with E-state index in [0.29, 0.717) is 46.7 Å². The van der Waals surface area contributed by atoms with Crippen LogP contribution in [-0.2, 0) is 4.74 Å². The Hall–Kier alpha value is -0.190. The number of nitrogens with two attached hydrogens (primary N) is 1. The number of halogens is 3. The summed E-state index contributed by atoms with van der Waals surface area (Å²) < 4.78 is 11.0. The lowest BCUT2D eigenvalue weighted by molar-refractivity contribution is -0.687. The maximum atomic E-state index is 6.01. The van der Waals surface area contributed by atoms with Crippen LogP contribution in [0.15, 0.2) is 12.1 Å².